The summed E-state index contributed by atoms with van der Waals surface area (Å²) in [6, 6.07) is 19.5. The van der Waals surface area contributed by atoms with Gasteiger partial charge < -0.3 is 4.57 Å². The molecule has 0 amide bonds. The molecule has 0 saturated carbocycles. The molecule has 1 heterocycles. The van der Waals surface area contributed by atoms with Crippen LogP contribution >= 0.6 is 11.6 Å². The van der Waals surface area contributed by atoms with E-state index in [4.69, 9.17) is 11.6 Å². The first-order valence-corrected chi connectivity index (χ1v) is 7.57. The van der Waals surface area contributed by atoms with Crippen LogP contribution < -0.4 is 0 Å². The third-order valence-corrected chi connectivity index (χ3v) is 3.81. The number of hydrogen-bond donors (Lipinski definition) is 0. The summed E-state index contributed by atoms with van der Waals surface area (Å²) in [5.74, 6) is 0.205. The minimum absolute atomic E-state index is 0.205. The number of aromatic nitrogens is 1. The summed E-state index contributed by atoms with van der Waals surface area (Å²) in [6.45, 7) is 0. The Labute approximate surface area is 135 Å². The molecule has 0 aliphatic rings. The van der Waals surface area contributed by atoms with Gasteiger partial charge in [0.15, 0.2) is 0 Å². The predicted octanol–water partition coefficient (Wildman–Crippen LogP) is 4.49. The van der Waals surface area contributed by atoms with Gasteiger partial charge in [-0.15, -0.1) is 0 Å². The van der Waals surface area contributed by atoms with Crippen molar-refractivity contribution in [1.82, 2.24) is 4.57 Å². The van der Waals surface area contributed by atoms with Gasteiger partial charge in [-0.25, -0.2) is 0 Å². The molecule has 3 aromatic rings. The number of rotatable bonds is 5. The van der Waals surface area contributed by atoms with Gasteiger partial charge in [-0.2, -0.15) is 0 Å². The van der Waals surface area contributed by atoms with E-state index in [1.54, 1.807) is 0 Å². The summed E-state index contributed by atoms with van der Waals surface area (Å²) in [5, 5.41) is 0.691. The molecule has 22 heavy (non-hydrogen) atoms. The Hall–Kier alpha value is -2.32. The second-order valence-corrected chi connectivity index (χ2v) is 5.71. The Kier molecular flexibility index (Phi) is 4.40. The topological polar surface area (TPSA) is 22.0 Å². The lowest BCUT2D eigenvalue weighted by atomic mass is 10.0. The van der Waals surface area contributed by atoms with Crippen molar-refractivity contribution in [2.75, 3.05) is 0 Å². The molecule has 1 aromatic heterocycles. The molecular weight excluding hydrogens is 294 g/mol. The quantitative estimate of drug-likeness (QED) is 0.681. The van der Waals surface area contributed by atoms with Gasteiger partial charge >= 0.3 is 0 Å². The van der Waals surface area contributed by atoms with Gasteiger partial charge in [-0.3, -0.25) is 4.79 Å². The summed E-state index contributed by atoms with van der Waals surface area (Å²) < 4.78 is 2.04. The van der Waals surface area contributed by atoms with Gasteiger partial charge in [0.2, 0.25) is 0 Å². The highest BCUT2D eigenvalue weighted by Gasteiger charge is 2.06. The molecule has 0 N–H and O–H groups in total. The molecule has 0 spiro atoms. The Balaban J connectivity index is 1.63. The summed E-state index contributed by atoms with van der Waals surface area (Å²) in [5.41, 5.74) is 3.13. The highest BCUT2D eigenvalue weighted by molar-refractivity contribution is 6.30. The summed E-state index contributed by atoms with van der Waals surface area (Å²) in [7, 11) is 0. The lowest BCUT2D eigenvalue weighted by Crippen LogP contribution is -2.06. The van der Waals surface area contributed by atoms with Crippen molar-refractivity contribution in [1.29, 1.82) is 0 Å². The number of carbonyl (C=O) groups excluding carboxylic acids is 1. The van der Waals surface area contributed by atoms with Gasteiger partial charge in [-0.1, -0.05) is 35.9 Å². The van der Waals surface area contributed by atoms with Crippen LogP contribution in [-0.2, 0) is 17.6 Å². The number of ketones is 1. The van der Waals surface area contributed by atoms with Crippen molar-refractivity contribution in [3.05, 3.63) is 89.2 Å². The number of carbonyl (C=O) groups is 1. The number of halogens is 1. The first-order chi connectivity index (χ1) is 10.7. The fraction of sp³-hybridized carbons (Fsp3) is 0.105. The molecule has 0 bridgehead atoms. The molecule has 2 aromatic carbocycles. The highest BCUT2D eigenvalue weighted by Crippen LogP contribution is 2.13. The van der Waals surface area contributed by atoms with Gasteiger partial charge in [0, 0.05) is 35.9 Å². The molecule has 110 valence electrons. The maximum atomic E-state index is 12.1. The van der Waals surface area contributed by atoms with E-state index in [0.29, 0.717) is 17.9 Å². The van der Waals surface area contributed by atoms with Gasteiger partial charge in [-0.05, 0) is 47.5 Å². The van der Waals surface area contributed by atoms with E-state index >= 15 is 0 Å². The fourth-order valence-corrected chi connectivity index (χ4v) is 2.54. The van der Waals surface area contributed by atoms with Crippen LogP contribution in [0.3, 0.4) is 0 Å². The second kappa shape index (κ2) is 6.63. The van der Waals surface area contributed by atoms with Gasteiger partial charge in [0.05, 0.1) is 0 Å². The fourth-order valence-electron chi connectivity index (χ4n) is 2.41. The molecule has 0 radical (unpaired) electrons. The van der Waals surface area contributed by atoms with Crippen molar-refractivity contribution >= 4 is 17.4 Å². The van der Waals surface area contributed by atoms with E-state index in [9.17, 15) is 4.79 Å². The van der Waals surface area contributed by atoms with Crippen molar-refractivity contribution in [3.63, 3.8) is 0 Å². The van der Waals surface area contributed by atoms with Crippen LogP contribution in [0.1, 0.15) is 11.1 Å². The third kappa shape index (κ3) is 3.66. The Bertz CT molecular complexity index is 743. The minimum atomic E-state index is 0.205. The van der Waals surface area contributed by atoms with Crippen molar-refractivity contribution in [3.8, 4) is 5.69 Å². The van der Waals surface area contributed by atoms with Crippen LogP contribution in [0.4, 0.5) is 0 Å². The molecule has 0 saturated heterocycles. The number of nitrogens with zero attached hydrogens (tertiary/aromatic N) is 1. The zero-order valence-electron chi connectivity index (χ0n) is 12.1. The second-order valence-electron chi connectivity index (χ2n) is 5.28. The van der Waals surface area contributed by atoms with Crippen LogP contribution in [0.15, 0.2) is 73.1 Å². The molecule has 0 aliphatic heterocycles. The third-order valence-electron chi connectivity index (χ3n) is 3.55. The smallest absolute Gasteiger partial charge is 0.141 e. The lowest BCUT2D eigenvalue weighted by Gasteiger charge is -2.05. The van der Waals surface area contributed by atoms with Crippen LogP contribution in [0.25, 0.3) is 5.69 Å². The first-order valence-electron chi connectivity index (χ1n) is 7.19. The molecular formula is C19H16ClNO. The maximum absolute atomic E-state index is 12.1. The predicted molar refractivity (Wildman–Crippen MR) is 89.6 cm³/mol. The van der Waals surface area contributed by atoms with E-state index in [2.05, 4.69) is 0 Å². The molecule has 3 heteroatoms. The Morgan fingerprint density at radius 1 is 0.818 bits per heavy atom. The van der Waals surface area contributed by atoms with Crippen LogP contribution in [0, 0.1) is 0 Å². The highest BCUT2D eigenvalue weighted by atomic mass is 35.5. The summed E-state index contributed by atoms with van der Waals surface area (Å²) >= 11 is 5.85. The van der Waals surface area contributed by atoms with Crippen molar-refractivity contribution < 1.29 is 4.79 Å². The first kappa shape index (κ1) is 14.6. The van der Waals surface area contributed by atoms with Crippen molar-refractivity contribution in [2.45, 2.75) is 12.8 Å². The lowest BCUT2D eigenvalue weighted by molar-refractivity contribution is -0.117. The van der Waals surface area contributed by atoms with Gasteiger partial charge in [0.25, 0.3) is 0 Å². The molecule has 0 unspecified atom stereocenters. The molecule has 2 nitrogen and oxygen atoms in total. The zero-order valence-corrected chi connectivity index (χ0v) is 12.8. The minimum Gasteiger partial charge on any atom is -0.324 e. The zero-order chi connectivity index (χ0) is 15.4. The SMILES string of the molecule is O=C(Cc1ccc(Cl)cc1)Cc1ccc(-n2cccc2)cc1. The normalized spacial score (nSPS) is 10.6. The van der Waals surface area contributed by atoms with Gasteiger partial charge in [0.1, 0.15) is 5.78 Å². The van der Waals surface area contributed by atoms with Crippen LogP contribution in [0.5, 0.6) is 0 Å². The standard InChI is InChI=1S/C19H16ClNO/c20-17-7-3-15(4-8-17)13-19(22)14-16-5-9-18(10-6-16)21-11-1-2-12-21/h1-12H,13-14H2. The number of benzene rings is 2. The molecule has 0 aliphatic carbocycles. The van der Waals surface area contributed by atoms with E-state index < -0.39 is 0 Å². The average Bonchev–Trinajstić information content (AvgIpc) is 3.05. The van der Waals surface area contributed by atoms with E-state index in [0.717, 1.165) is 16.8 Å². The van der Waals surface area contributed by atoms with Crippen LogP contribution in [-0.4, -0.2) is 10.4 Å². The van der Waals surface area contributed by atoms with Crippen molar-refractivity contribution in [2.24, 2.45) is 0 Å². The van der Waals surface area contributed by atoms with E-state index in [-0.39, 0.29) is 5.78 Å². The Morgan fingerprint density at radius 3 is 1.86 bits per heavy atom. The monoisotopic (exact) mass is 309 g/mol. The molecule has 0 fully saturated rings. The summed E-state index contributed by atoms with van der Waals surface area (Å²) in [6.07, 6.45) is 4.90. The van der Waals surface area contributed by atoms with Crippen LogP contribution in [0.2, 0.25) is 5.02 Å². The molecule has 3 rings (SSSR count). The molecule has 0 atom stereocenters. The largest absolute Gasteiger partial charge is 0.324 e. The average molecular weight is 310 g/mol. The number of Topliss-reactive ketones (excluding diaryl/α,β-unsaturated/α-hetero) is 1. The summed E-state index contributed by atoms with van der Waals surface area (Å²) in [4.78, 5) is 12.1. The Morgan fingerprint density at radius 2 is 1.32 bits per heavy atom. The van der Waals surface area contributed by atoms with E-state index in [1.165, 1.54) is 0 Å². The number of hydrogen-bond acceptors (Lipinski definition) is 1. The maximum Gasteiger partial charge on any atom is 0.141 e. The van der Waals surface area contributed by atoms with E-state index in [1.807, 2.05) is 77.6 Å².